The molecule has 2 aliphatic heterocycles. The Morgan fingerprint density at radius 3 is 2.42 bits per heavy atom. The van der Waals surface area contributed by atoms with Gasteiger partial charge in [0.25, 0.3) is 11.8 Å². The molecule has 0 spiro atoms. The van der Waals surface area contributed by atoms with Crippen molar-refractivity contribution in [1.82, 2.24) is 20.2 Å². The van der Waals surface area contributed by atoms with Crippen LogP contribution in [0.3, 0.4) is 0 Å². The van der Waals surface area contributed by atoms with Crippen molar-refractivity contribution < 1.29 is 9.59 Å². The van der Waals surface area contributed by atoms with Gasteiger partial charge in [-0.05, 0) is 94.3 Å². The number of hydrogen-bond acceptors (Lipinski definition) is 7. The molecule has 1 atom stereocenters. The summed E-state index contributed by atoms with van der Waals surface area (Å²) in [6.45, 7) is 5.75. The molecule has 2 saturated heterocycles. The first-order valence-corrected chi connectivity index (χ1v) is 15.8. The summed E-state index contributed by atoms with van der Waals surface area (Å²) in [5.41, 5.74) is 9.69. The van der Waals surface area contributed by atoms with Gasteiger partial charge in [-0.3, -0.25) is 9.59 Å². The van der Waals surface area contributed by atoms with Gasteiger partial charge >= 0.3 is 0 Å². The van der Waals surface area contributed by atoms with Crippen LogP contribution in [0, 0.1) is 6.92 Å². The summed E-state index contributed by atoms with van der Waals surface area (Å²) in [5.74, 6) is 0.862. The fraction of sp³-hybridized carbons (Fsp3) is 0.471. The van der Waals surface area contributed by atoms with E-state index in [0.29, 0.717) is 29.7 Å². The molecular formula is C34H43N7O2. The molecule has 1 aliphatic carbocycles. The standard InChI is InChI=1S/C34H43N7O2/c1-23-6-4-7-26(20-23)34(43)38-28-8-5-17-41(22-28)30-21-36-31(32(35)42)33(39-30)37-27-13-11-24(12-14-27)25-15-18-40(19-16-25)29-9-2-3-10-29/h4,6-7,11-14,20-21,25,28-29H,2-3,5,8-10,15-19,22H2,1H3,(H2,35,42)(H,37,39)(H,38,43)/t28-/m1/s1. The third kappa shape index (κ3) is 6.99. The summed E-state index contributed by atoms with van der Waals surface area (Å²) in [6, 6.07) is 16.9. The molecule has 43 heavy (non-hydrogen) atoms. The number of piperidine rings is 2. The van der Waals surface area contributed by atoms with Crippen molar-refractivity contribution in [3.63, 3.8) is 0 Å². The van der Waals surface area contributed by atoms with Crippen molar-refractivity contribution in [3.05, 3.63) is 77.1 Å². The van der Waals surface area contributed by atoms with Gasteiger partial charge in [0.05, 0.1) is 6.20 Å². The van der Waals surface area contributed by atoms with Crippen molar-refractivity contribution in [1.29, 1.82) is 0 Å². The predicted octanol–water partition coefficient (Wildman–Crippen LogP) is 5.15. The van der Waals surface area contributed by atoms with Gasteiger partial charge in [0.1, 0.15) is 5.82 Å². The lowest BCUT2D eigenvalue weighted by molar-refractivity contribution is 0.0931. The highest BCUT2D eigenvalue weighted by molar-refractivity contribution is 5.96. The summed E-state index contributed by atoms with van der Waals surface area (Å²) in [7, 11) is 0. The minimum atomic E-state index is -0.630. The molecule has 2 aromatic carbocycles. The van der Waals surface area contributed by atoms with Crippen LogP contribution in [0.2, 0.25) is 0 Å². The number of carbonyl (C=O) groups excluding carboxylic acids is 2. The maximum absolute atomic E-state index is 12.9. The minimum Gasteiger partial charge on any atom is -0.364 e. The Kier molecular flexibility index (Phi) is 8.88. The summed E-state index contributed by atoms with van der Waals surface area (Å²) in [5, 5.41) is 6.47. The molecule has 226 valence electrons. The third-order valence-corrected chi connectivity index (χ3v) is 9.37. The summed E-state index contributed by atoms with van der Waals surface area (Å²) >= 11 is 0. The molecule has 1 aromatic heterocycles. The fourth-order valence-electron chi connectivity index (χ4n) is 7.00. The molecule has 3 fully saturated rings. The quantitative estimate of drug-likeness (QED) is 0.337. The Hall–Kier alpha value is -3.98. The largest absolute Gasteiger partial charge is 0.364 e. The lowest BCUT2D eigenvalue weighted by atomic mass is 9.88. The van der Waals surface area contributed by atoms with Gasteiger partial charge in [0.2, 0.25) is 0 Å². The molecule has 0 bridgehead atoms. The van der Waals surface area contributed by atoms with Crippen molar-refractivity contribution in [3.8, 4) is 0 Å². The number of benzene rings is 2. The van der Waals surface area contributed by atoms with Gasteiger partial charge in [-0.2, -0.15) is 0 Å². The number of nitrogens with zero attached hydrogens (tertiary/aromatic N) is 4. The number of carbonyl (C=O) groups is 2. The monoisotopic (exact) mass is 581 g/mol. The first-order chi connectivity index (χ1) is 20.9. The van der Waals surface area contributed by atoms with Gasteiger partial charge in [-0.15, -0.1) is 0 Å². The van der Waals surface area contributed by atoms with Crippen molar-refractivity contribution >= 4 is 29.1 Å². The maximum Gasteiger partial charge on any atom is 0.271 e. The molecular weight excluding hydrogens is 538 g/mol. The highest BCUT2D eigenvalue weighted by Crippen LogP contribution is 2.33. The van der Waals surface area contributed by atoms with Gasteiger partial charge in [0, 0.05) is 36.4 Å². The zero-order chi connectivity index (χ0) is 29.8. The van der Waals surface area contributed by atoms with Gasteiger partial charge in [-0.1, -0.05) is 42.7 Å². The van der Waals surface area contributed by atoms with E-state index in [1.165, 1.54) is 57.2 Å². The van der Waals surface area contributed by atoms with Crippen LogP contribution in [0.5, 0.6) is 0 Å². The van der Waals surface area contributed by atoms with E-state index in [1.54, 1.807) is 6.20 Å². The minimum absolute atomic E-state index is 0.0200. The van der Waals surface area contributed by atoms with E-state index in [2.05, 4.69) is 49.7 Å². The second-order valence-corrected chi connectivity index (χ2v) is 12.4. The molecule has 3 aromatic rings. The van der Waals surface area contributed by atoms with Crippen molar-refractivity contribution in [2.45, 2.75) is 76.3 Å². The topological polar surface area (TPSA) is 116 Å². The third-order valence-electron chi connectivity index (χ3n) is 9.37. The van der Waals surface area contributed by atoms with E-state index in [-0.39, 0.29) is 17.6 Å². The molecule has 2 amide bonds. The second-order valence-electron chi connectivity index (χ2n) is 12.4. The van der Waals surface area contributed by atoms with E-state index in [9.17, 15) is 9.59 Å². The number of hydrogen-bond donors (Lipinski definition) is 3. The number of nitrogens with two attached hydrogens (primary N) is 1. The van der Waals surface area contributed by atoms with Crippen LogP contribution in [0.1, 0.15) is 89.3 Å². The Bertz CT molecular complexity index is 1430. The number of nitrogens with one attached hydrogen (secondary N) is 2. The summed E-state index contributed by atoms with van der Waals surface area (Å²) < 4.78 is 0. The number of anilines is 3. The highest BCUT2D eigenvalue weighted by Gasteiger charge is 2.28. The first-order valence-electron chi connectivity index (χ1n) is 15.8. The highest BCUT2D eigenvalue weighted by atomic mass is 16.2. The molecule has 9 nitrogen and oxygen atoms in total. The lowest BCUT2D eigenvalue weighted by Crippen LogP contribution is -2.48. The average Bonchev–Trinajstić information content (AvgIpc) is 3.57. The van der Waals surface area contributed by atoms with Crippen LogP contribution in [-0.2, 0) is 0 Å². The molecule has 1 saturated carbocycles. The molecule has 6 rings (SSSR count). The number of likely N-dealkylation sites (tertiary alicyclic amines) is 1. The van der Waals surface area contributed by atoms with Gasteiger partial charge in [0.15, 0.2) is 11.5 Å². The molecule has 9 heteroatoms. The molecule has 4 N–H and O–H groups in total. The Balaban J connectivity index is 1.10. The number of aromatic nitrogens is 2. The van der Waals surface area contributed by atoms with E-state index in [0.717, 1.165) is 36.7 Å². The lowest BCUT2D eigenvalue weighted by Gasteiger charge is -2.36. The van der Waals surface area contributed by atoms with Crippen LogP contribution < -0.4 is 21.3 Å². The Labute approximate surface area is 254 Å². The maximum atomic E-state index is 12.9. The number of rotatable bonds is 8. The summed E-state index contributed by atoms with van der Waals surface area (Å²) in [4.78, 5) is 39.1. The Morgan fingerprint density at radius 2 is 1.70 bits per heavy atom. The number of primary amides is 1. The predicted molar refractivity (Wildman–Crippen MR) is 170 cm³/mol. The fourth-order valence-corrected chi connectivity index (χ4v) is 7.00. The molecule has 3 aliphatic rings. The average molecular weight is 582 g/mol. The van der Waals surface area contributed by atoms with Gasteiger partial charge < -0.3 is 26.2 Å². The van der Waals surface area contributed by atoms with Crippen LogP contribution in [-0.4, -0.2) is 64.9 Å². The van der Waals surface area contributed by atoms with E-state index in [1.807, 2.05) is 31.2 Å². The summed E-state index contributed by atoms with van der Waals surface area (Å²) in [6.07, 6.45) is 11.3. The Morgan fingerprint density at radius 1 is 0.930 bits per heavy atom. The first kappa shape index (κ1) is 29.1. The molecule has 0 radical (unpaired) electrons. The molecule has 0 unspecified atom stereocenters. The van der Waals surface area contributed by atoms with Crippen molar-refractivity contribution in [2.24, 2.45) is 5.73 Å². The van der Waals surface area contributed by atoms with Crippen molar-refractivity contribution in [2.75, 3.05) is 36.4 Å². The number of amides is 2. The smallest absolute Gasteiger partial charge is 0.271 e. The van der Waals surface area contributed by atoms with Crippen LogP contribution in [0.4, 0.5) is 17.3 Å². The second kappa shape index (κ2) is 13.1. The molecule has 3 heterocycles. The van der Waals surface area contributed by atoms with E-state index >= 15 is 0 Å². The number of aryl methyl sites for hydroxylation is 1. The SMILES string of the molecule is Cc1cccc(C(=O)N[C@@H]2CCCN(c3cnc(C(N)=O)c(Nc4ccc(C5CCN(C6CCCC6)CC5)cc4)n3)C2)c1. The van der Waals surface area contributed by atoms with Crippen LogP contribution >= 0.6 is 0 Å². The zero-order valence-corrected chi connectivity index (χ0v) is 25.1. The normalized spacial score (nSPS) is 20.2. The van der Waals surface area contributed by atoms with Crippen LogP contribution in [0.15, 0.2) is 54.7 Å². The zero-order valence-electron chi connectivity index (χ0n) is 25.1. The van der Waals surface area contributed by atoms with E-state index < -0.39 is 5.91 Å². The van der Waals surface area contributed by atoms with Gasteiger partial charge in [-0.25, -0.2) is 9.97 Å². The van der Waals surface area contributed by atoms with Crippen LogP contribution in [0.25, 0.3) is 0 Å². The van der Waals surface area contributed by atoms with E-state index in [4.69, 9.17) is 10.7 Å².